The van der Waals surface area contributed by atoms with E-state index in [1.807, 2.05) is 6.92 Å². The fraction of sp³-hybridized carbons (Fsp3) is 0.750. The van der Waals surface area contributed by atoms with Gasteiger partial charge in [0.25, 0.3) is 0 Å². The predicted octanol–water partition coefficient (Wildman–Crippen LogP) is 4.29. The molecule has 0 aromatic heterocycles. The number of aliphatic hydroxyl groups excluding tert-OH is 1. The molecule has 0 spiro atoms. The van der Waals surface area contributed by atoms with Crippen molar-refractivity contribution in [3.05, 3.63) is 24.3 Å². The molecular formula is C20H30O2. The molecule has 2 heteroatoms. The van der Waals surface area contributed by atoms with E-state index < -0.39 is 5.41 Å². The molecule has 1 N–H and O–H groups in total. The highest BCUT2D eigenvalue weighted by Crippen LogP contribution is 2.62. The average Bonchev–Trinajstić information content (AvgIpc) is 2.51. The molecule has 5 atom stereocenters. The molecule has 0 amide bonds. The van der Waals surface area contributed by atoms with Gasteiger partial charge in [0.05, 0.1) is 12.0 Å². The van der Waals surface area contributed by atoms with Crippen LogP contribution < -0.4 is 0 Å². The molecule has 0 heterocycles. The zero-order valence-electron chi connectivity index (χ0n) is 14.3. The number of hydrogen-bond donors (Lipinski definition) is 1. The second-order valence-corrected chi connectivity index (χ2v) is 8.70. The SMILES string of the molecule is C=CC1(C)CCC2C(=CCC3C(C)(CO)C(=O)CCC23C)C1. The molecule has 3 rings (SSSR count). The van der Waals surface area contributed by atoms with Crippen LogP contribution in [0.2, 0.25) is 0 Å². The minimum Gasteiger partial charge on any atom is -0.395 e. The number of rotatable bonds is 2. The monoisotopic (exact) mass is 302 g/mol. The molecule has 3 aliphatic rings. The van der Waals surface area contributed by atoms with Crippen molar-refractivity contribution < 1.29 is 9.90 Å². The van der Waals surface area contributed by atoms with Gasteiger partial charge in [-0.1, -0.05) is 38.5 Å². The van der Waals surface area contributed by atoms with Gasteiger partial charge in [-0.25, -0.2) is 0 Å². The first-order chi connectivity index (χ1) is 10.3. The number of fused-ring (bicyclic) bond motifs is 3. The fourth-order valence-corrected chi connectivity index (χ4v) is 5.66. The Kier molecular flexibility index (Phi) is 3.67. The van der Waals surface area contributed by atoms with Crippen molar-refractivity contribution in [3.63, 3.8) is 0 Å². The maximum absolute atomic E-state index is 12.5. The lowest BCUT2D eigenvalue weighted by Crippen LogP contribution is -2.56. The van der Waals surface area contributed by atoms with E-state index in [0.717, 1.165) is 19.3 Å². The van der Waals surface area contributed by atoms with Crippen LogP contribution in [-0.4, -0.2) is 17.5 Å². The molecule has 3 aliphatic carbocycles. The maximum atomic E-state index is 12.5. The van der Waals surface area contributed by atoms with Gasteiger partial charge in [-0.3, -0.25) is 4.79 Å². The van der Waals surface area contributed by atoms with E-state index in [-0.39, 0.29) is 29.1 Å². The summed E-state index contributed by atoms with van der Waals surface area (Å²) < 4.78 is 0. The largest absolute Gasteiger partial charge is 0.395 e. The minimum absolute atomic E-state index is 0.00758. The summed E-state index contributed by atoms with van der Waals surface area (Å²) >= 11 is 0. The van der Waals surface area contributed by atoms with Gasteiger partial charge in [0.1, 0.15) is 5.78 Å². The third-order valence-corrected chi connectivity index (χ3v) is 7.39. The molecule has 22 heavy (non-hydrogen) atoms. The Morgan fingerprint density at radius 2 is 2.09 bits per heavy atom. The van der Waals surface area contributed by atoms with Crippen molar-refractivity contribution in [1.82, 2.24) is 0 Å². The summed E-state index contributed by atoms with van der Waals surface area (Å²) in [7, 11) is 0. The number of carbonyl (C=O) groups is 1. The van der Waals surface area contributed by atoms with Gasteiger partial charge in [-0.15, -0.1) is 6.58 Å². The van der Waals surface area contributed by atoms with E-state index >= 15 is 0 Å². The average molecular weight is 302 g/mol. The molecule has 2 saturated carbocycles. The molecule has 0 aliphatic heterocycles. The zero-order chi connectivity index (χ0) is 16.2. The van der Waals surface area contributed by atoms with Crippen LogP contribution >= 0.6 is 0 Å². The Morgan fingerprint density at radius 1 is 1.36 bits per heavy atom. The van der Waals surface area contributed by atoms with Gasteiger partial charge < -0.3 is 5.11 Å². The highest BCUT2D eigenvalue weighted by molar-refractivity contribution is 5.86. The molecule has 0 aromatic carbocycles. The third-order valence-electron chi connectivity index (χ3n) is 7.39. The van der Waals surface area contributed by atoms with Gasteiger partial charge in [-0.2, -0.15) is 0 Å². The van der Waals surface area contributed by atoms with Gasteiger partial charge in [-0.05, 0) is 54.8 Å². The summed E-state index contributed by atoms with van der Waals surface area (Å²) in [5.74, 6) is 1.13. The van der Waals surface area contributed by atoms with Crippen LogP contribution in [0.5, 0.6) is 0 Å². The van der Waals surface area contributed by atoms with E-state index in [4.69, 9.17) is 0 Å². The quantitative estimate of drug-likeness (QED) is 0.772. The second kappa shape index (κ2) is 5.06. The Morgan fingerprint density at radius 3 is 2.73 bits per heavy atom. The van der Waals surface area contributed by atoms with Crippen molar-refractivity contribution in [2.75, 3.05) is 6.61 Å². The summed E-state index contributed by atoms with van der Waals surface area (Å²) in [5.41, 5.74) is 1.43. The van der Waals surface area contributed by atoms with Crippen LogP contribution in [0.4, 0.5) is 0 Å². The van der Waals surface area contributed by atoms with Crippen LogP contribution in [0.25, 0.3) is 0 Å². The molecule has 122 valence electrons. The Bertz CT molecular complexity index is 534. The van der Waals surface area contributed by atoms with Crippen molar-refractivity contribution >= 4 is 5.78 Å². The van der Waals surface area contributed by atoms with Crippen molar-refractivity contribution in [2.45, 2.75) is 59.3 Å². The second-order valence-electron chi connectivity index (χ2n) is 8.70. The maximum Gasteiger partial charge on any atom is 0.141 e. The first-order valence-corrected chi connectivity index (χ1v) is 8.76. The highest BCUT2D eigenvalue weighted by atomic mass is 16.3. The van der Waals surface area contributed by atoms with Gasteiger partial charge in [0.15, 0.2) is 0 Å². The molecular weight excluding hydrogens is 272 g/mol. The van der Waals surface area contributed by atoms with Gasteiger partial charge >= 0.3 is 0 Å². The topological polar surface area (TPSA) is 37.3 Å². The summed E-state index contributed by atoms with van der Waals surface area (Å²) in [6.07, 6.45) is 10.6. The number of Topliss-reactive ketones (excluding diaryl/α,β-unsaturated/α-hetero) is 1. The first kappa shape index (κ1) is 16.0. The van der Waals surface area contributed by atoms with E-state index in [1.165, 1.54) is 12.8 Å². The van der Waals surface area contributed by atoms with E-state index in [2.05, 4.69) is 32.6 Å². The summed E-state index contributed by atoms with van der Waals surface area (Å²) in [5, 5.41) is 9.94. The van der Waals surface area contributed by atoms with Gasteiger partial charge in [0.2, 0.25) is 0 Å². The fourth-order valence-electron chi connectivity index (χ4n) is 5.66. The molecule has 2 fully saturated rings. The van der Waals surface area contributed by atoms with E-state index in [9.17, 15) is 9.90 Å². The lowest BCUT2D eigenvalue weighted by molar-refractivity contribution is -0.150. The van der Waals surface area contributed by atoms with Crippen LogP contribution in [0.15, 0.2) is 24.3 Å². The van der Waals surface area contributed by atoms with Gasteiger partial charge in [0, 0.05) is 6.42 Å². The number of allylic oxidation sites excluding steroid dienone is 3. The lowest BCUT2D eigenvalue weighted by atomic mass is 9.45. The number of ketones is 1. The van der Waals surface area contributed by atoms with Crippen LogP contribution in [0.3, 0.4) is 0 Å². The van der Waals surface area contributed by atoms with Crippen molar-refractivity contribution in [1.29, 1.82) is 0 Å². The van der Waals surface area contributed by atoms with Crippen molar-refractivity contribution in [2.24, 2.45) is 28.1 Å². The zero-order valence-corrected chi connectivity index (χ0v) is 14.3. The highest BCUT2D eigenvalue weighted by Gasteiger charge is 2.58. The number of carbonyl (C=O) groups excluding carboxylic acids is 1. The molecule has 5 unspecified atom stereocenters. The number of hydrogen-bond acceptors (Lipinski definition) is 2. The Labute approximate surface area is 134 Å². The van der Waals surface area contributed by atoms with Crippen LogP contribution in [0, 0.1) is 28.1 Å². The Hall–Kier alpha value is -0.890. The molecule has 2 nitrogen and oxygen atoms in total. The van der Waals surface area contributed by atoms with E-state index in [1.54, 1.807) is 5.57 Å². The molecule has 0 aromatic rings. The normalized spacial score (nSPS) is 48.2. The standard InChI is InChI=1S/C20H30O2/c1-5-18(2)10-8-15-14(12-18)6-7-16-19(15,3)11-9-17(22)20(16,4)13-21/h5-6,15-16,21H,1,7-13H2,2-4H3. The predicted molar refractivity (Wildman–Crippen MR) is 89.4 cm³/mol. The van der Waals surface area contributed by atoms with Crippen molar-refractivity contribution in [3.8, 4) is 0 Å². The smallest absolute Gasteiger partial charge is 0.141 e. The molecule has 0 bridgehead atoms. The van der Waals surface area contributed by atoms with Crippen LogP contribution in [-0.2, 0) is 4.79 Å². The summed E-state index contributed by atoms with van der Waals surface area (Å²) in [6, 6.07) is 0. The van der Waals surface area contributed by atoms with E-state index in [0.29, 0.717) is 12.3 Å². The first-order valence-electron chi connectivity index (χ1n) is 8.76. The minimum atomic E-state index is -0.547. The molecule has 0 saturated heterocycles. The summed E-state index contributed by atoms with van der Waals surface area (Å²) in [6.45, 7) is 10.7. The Balaban J connectivity index is 1.98. The lowest BCUT2D eigenvalue weighted by Gasteiger charge is -2.58. The van der Waals surface area contributed by atoms with Crippen LogP contribution in [0.1, 0.15) is 59.3 Å². The number of aliphatic hydroxyl groups is 1. The third kappa shape index (κ3) is 2.06. The molecule has 0 radical (unpaired) electrons. The summed E-state index contributed by atoms with van der Waals surface area (Å²) in [4.78, 5) is 12.5.